The number of nitrogens with two attached hydrogens (primary N) is 1. The predicted octanol–water partition coefficient (Wildman–Crippen LogP) is 1.23. The van der Waals surface area contributed by atoms with Crippen molar-refractivity contribution >= 4 is 15.7 Å². The minimum atomic E-state index is -3.54. The number of aromatic nitrogens is 4. The molecular weight excluding hydrogens is 354 g/mol. The number of H-pyrrole nitrogens is 1. The highest BCUT2D eigenvalue weighted by Gasteiger charge is 2.26. The third-order valence-electron chi connectivity index (χ3n) is 4.10. The lowest BCUT2D eigenvalue weighted by Gasteiger charge is -2.10. The number of aryl methyl sites for hydroxylation is 1. The average molecular weight is 373 g/mol. The summed E-state index contributed by atoms with van der Waals surface area (Å²) in [6.07, 6.45) is 6.30. The molecule has 1 unspecified atom stereocenters. The molecule has 136 valence electrons. The van der Waals surface area contributed by atoms with Crippen molar-refractivity contribution in [3.63, 3.8) is 0 Å². The number of benzene rings is 1. The Morgan fingerprint density at radius 1 is 1.27 bits per heavy atom. The number of hydrogen-bond donors (Lipinski definition) is 2. The molecule has 0 saturated heterocycles. The Balaban J connectivity index is 1.76. The van der Waals surface area contributed by atoms with Gasteiger partial charge in [0.2, 0.25) is 5.91 Å². The van der Waals surface area contributed by atoms with Crippen LogP contribution in [-0.4, -0.2) is 45.8 Å². The summed E-state index contributed by atoms with van der Waals surface area (Å²) in [5.41, 5.74) is 8.96. The van der Waals surface area contributed by atoms with Crippen LogP contribution in [0.15, 0.2) is 48.9 Å². The summed E-state index contributed by atoms with van der Waals surface area (Å²) >= 11 is 0. The Labute approximate surface area is 151 Å². The molecule has 3 N–H and O–H groups in total. The highest BCUT2D eigenvalue weighted by atomic mass is 32.2. The number of hydrogen-bond acceptors (Lipinski definition) is 5. The van der Waals surface area contributed by atoms with E-state index in [9.17, 15) is 13.2 Å². The van der Waals surface area contributed by atoms with Gasteiger partial charge in [0.1, 0.15) is 5.25 Å². The van der Waals surface area contributed by atoms with Crippen molar-refractivity contribution in [1.29, 1.82) is 0 Å². The van der Waals surface area contributed by atoms with Crippen LogP contribution in [-0.2, 0) is 21.2 Å². The van der Waals surface area contributed by atoms with E-state index in [1.54, 1.807) is 17.1 Å². The van der Waals surface area contributed by atoms with Gasteiger partial charge < -0.3 is 5.73 Å². The maximum Gasteiger partial charge on any atom is 0.235 e. The monoisotopic (exact) mass is 373 g/mol. The molecule has 1 amide bonds. The van der Waals surface area contributed by atoms with Crippen molar-refractivity contribution < 1.29 is 13.2 Å². The molecule has 1 atom stereocenters. The Morgan fingerprint density at radius 3 is 2.69 bits per heavy atom. The number of nitrogens with zero attached hydrogens (tertiary/aromatic N) is 3. The summed E-state index contributed by atoms with van der Waals surface area (Å²) in [5, 5.41) is 9.91. The zero-order chi connectivity index (χ0) is 18.7. The number of carbonyl (C=O) groups excluding carboxylic acids is 1. The number of aromatic amines is 1. The molecule has 3 aromatic rings. The van der Waals surface area contributed by atoms with Gasteiger partial charge in [0.05, 0.1) is 11.9 Å². The van der Waals surface area contributed by atoms with Crippen molar-refractivity contribution in [2.75, 3.05) is 6.26 Å². The van der Waals surface area contributed by atoms with Gasteiger partial charge in [0.15, 0.2) is 9.84 Å². The number of nitrogens with one attached hydrogen (secondary N) is 1. The fourth-order valence-electron chi connectivity index (χ4n) is 2.73. The summed E-state index contributed by atoms with van der Waals surface area (Å²) < 4.78 is 24.9. The maximum atomic E-state index is 11.6. The second kappa shape index (κ2) is 7.12. The van der Waals surface area contributed by atoms with E-state index in [-0.39, 0.29) is 13.0 Å². The summed E-state index contributed by atoms with van der Waals surface area (Å²) in [6, 6.07) is 9.78. The van der Waals surface area contributed by atoms with Gasteiger partial charge in [-0.25, -0.2) is 8.42 Å². The summed E-state index contributed by atoms with van der Waals surface area (Å²) in [4.78, 5) is 11.3. The highest BCUT2D eigenvalue weighted by molar-refractivity contribution is 7.92. The number of carbonyl (C=O) groups is 1. The maximum absolute atomic E-state index is 11.6. The van der Waals surface area contributed by atoms with E-state index in [1.807, 2.05) is 36.5 Å². The van der Waals surface area contributed by atoms with Crippen LogP contribution >= 0.6 is 0 Å². The average Bonchev–Trinajstić information content (AvgIpc) is 3.25. The quantitative estimate of drug-likeness (QED) is 0.644. The summed E-state index contributed by atoms with van der Waals surface area (Å²) in [5.74, 6) is -0.841. The molecule has 8 nitrogen and oxygen atoms in total. The first-order valence-electron chi connectivity index (χ1n) is 7.95. The largest absolute Gasteiger partial charge is 0.369 e. The van der Waals surface area contributed by atoms with Crippen molar-refractivity contribution in [1.82, 2.24) is 20.0 Å². The van der Waals surface area contributed by atoms with Gasteiger partial charge in [-0.3, -0.25) is 14.6 Å². The van der Waals surface area contributed by atoms with Crippen LogP contribution in [0, 0.1) is 0 Å². The number of amides is 1. The van der Waals surface area contributed by atoms with E-state index >= 15 is 0 Å². The molecule has 0 radical (unpaired) electrons. The van der Waals surface area contributed by atoms with E-state index in [2.05, 4.69) is 15.3 Å². The molecule has 0 saturated carbocycles. The van der Waals surface area contributed by atoms with Gasteiger partial charge in [-0.05, 0) is 24.1 Å². The third kappa shape index (κ3) is 3.99. The first-order valence-corrected chi connectivity index (χ1v) is 9.91. The second-order valence-corrected chi connectivity index (χ2v) is 8.28. The zero-order valence-corrected chi connectivity index (χ0v) is 15.0. The van der Waals surface area contributed by atoms with Gasteiger partial charge in [-0.2, -0.15) is 10.2 Å². The predicted molar refractivity (Wildman–Crippen MR) is 97.7 cm³/mol. The molecular formula is C17H19N5O3S. The van der Waals surface area contributed by atoms with Crippen LogP contribution in [0.1, 0.15) is 6.42 Å². The number of sulfone groups is 1. The normalized spacial score (nSPS) is 12.8. The van der Waals surface area contributed by atoms with Crippen molar-refractivity contribution in [2.24, 2.45) is 5.73 Å². The van der Waals surface area contributed by atoms with Crippen LogP contribution in [0.5, 0.6) is 0 Å². The summed E-state index contributed by atoms with van der Waals surface area (Å²) in [7, 11) is -3.54. The lowest BCUT2D eigenvalue weighted by atomic mass is 10.0. The van der Waals surface area contributed by atoms with Crippen LogP contribution < -0.4 is 5.73 Å². The van der Waals surface area contributed by atoms with Crippen molar-refractivity contribution in [3.8, 4) is 22.4 Å². The number of primary amides is 1. The molecule has 0 aliphatic carbocycles. The van der Waals surface area contributed by atoms with E-state index in [4.69, 9.17) is 5.73 Å². The standard InChI is InChI=1S/C17H19N5O3S/c1-26(24,25)16(17(18)23)6-8-22-11-14(10-20-22)12-3-2-4-13(9-12)15-5-7-19-21-15/h2-5,7,9-11,16H,6,8H2,1H3,(H2,18,23)(H,19,21). The molecule has 0 bridgehead atoms. The van der Waals surface area contributed by atoms with Gasteiger partial charge in [0.25, 0.3) is 0 Å². The topological polar surface area (TPSA) is 124 Å². The SMILES string of the molecule is CS(=O)(=O)C(CCn1cc(-c2cccc(-c3ccn[nH]3)c2)cn1)C(N)=O. The van der Waals surface area contributed by atoms with E-state index < -0.39 is 21.0 Å². The molecule has 2 heterocycles. The minimum Gasteiger partial charge on any atom is -0.369 e. The van der Waals surface area contributed by atoms with E-state index in [0.717, 1.165) is 28.6 Å². The molecule has 0 aliphatic heterocycles. The molecule has 9 heteroatoms. The van der Waals surface area contributed by atoms with Crippen LogP contribution in [0.25, 0.3) is 22.4 Å². The first kappa shape index (κ1) is 17.9. The molecule has 1 aromatic carbocycles. The zero-order valence-electron chi connectivity index (χ0n) is 14.2. The molecule has 0 spiro atoms. The van der Waals surface area contributed by atoms with Gasteiger partial charge in [0, 0.05) is 36.3 Å². The molecule has 2 aromatic heterocycles. The third-order valence-corrected chi connectivity index (χ3v) is 5.60. The Kier molecular flexibility index (Phi) is 4.90. The molecule has 0 aliphatic rings. The van der Waals surface area contributed by atoms with Gasteiger partial charge in [-0.15, -0.1) is 0 Å². The van der Waals surface area contributed by atoms with Gasteiger partial charge >= 0.3 is 0 Å². The molecule has 0 fully saturated rings. The molecule has 26 heavy (non-hydrogen) atoms. The van der Waals surface area contributed by atoms with E-state index in [0.29, 0.717) is 0 Å². The Hall–Kier alpha value is -2.94. The number of rotatable bonds is 7. The summed E-state index contributed by atoms with van der Waals surface area (Å²) in [6.45, 7) is 0.279. The fourth-order valence-corrected chi connectivity index (χ4v) is 3.69. The van der Waals surface area contributed by atoms with Crippen LogP contribution in [0.4, 0.5) is 0 Å². The lowest BCUT2D eigenvalue weighted by Crippen LogP contribution is -2.36. The lowest BCUT2D eigenvalue weighted by molar-refractivity contribution is -0.117. The van der Waals surface area contributed by atoms with Crippen molar-refractivity contribution in [3.05, 3.63) is 48.9 Å². The Bertz CT molecular complexity index is 1010. The van der Waals surface area contributed by atoms with Gasteiger partial charge in [-0.1, -0.05) is 18.2 Å². The molecule has 3 rings (SSSR count). The van der Waals surface area contributed by atoms with Crippen LogP contribution in [0.3, 0.4) is 0 Å². The first-order chi connectivity index (χ1) is 12.3. The minimum absolute atomic E-state index is 0.0868. The van der Waals surface area contributed by atoms with E-state index in [1.165, 1.54) is 0 Å². The smallest absolute Gasteiger partial charge is 0.235 e. The van der Waals surface area contributed by atoms with Crippen LogP contribution in [0.2, 0.25) is 0 Å². The highest BCUT2D eigenvalue weighted by Crippen LogP contribution is 2.25. The van der Waals surface area contributed by atoms with Crippen molar-refractivity contribution in [2.45, 2.75) is 18.2 Å². The Morgan fingerprint density at radius 2 is 2.04 bits per heavy atom. The second-order valence-electron chi connectivity index (χ2n) is 6.05. The fraction of sp³-hybridized carbons (Fsp3) is 0.235.